The number of nitrogen functional groups attached to an aromatic ring is 1. The maximum Gasteiger partial charge on any atom is 0.345 e. The van der Waals surface area contributed by atoms with Crippen molar-refractivity contribution in [3.05, 3.63) is 34.2 Å². The summed E-state index contributed by atoms with van der Waals surface area (Å²) in [5, 5.41) is 9.89. The summed E-state index contributed by atoms with van der Waals surface area (Å²) in [6.45, 7) is 0. The Morgan fingerprint density at radius 2 is 2.29 bits per heavy atom. The minimum atomic E-state index is -0.958. The molecule has 0 aliphatic heterocycles. The smallest absolute Gasteiger partial charge is 0.345 e. The molecule has 0 spiro atoms. The molecule has 0 aliphatic rings. The van der Waals surface area contributed by atoms with E-state index in [1.54, 1.807) is 6.07 Å². The van der Waals surface area contributed by atoms with Crippen LogP contribution in [0.3, 0.4) is 0 Å². The lowest BCUT2D eigenvalue weighted by Gasteiger charge is -2.08. The van der Waals surface area contributed by atoms with Gasteiger partial charge >= 0.3 is 11.5 Å². The van der Waals surface area contributed by atoms with E-state index in [4.69, 9.17) is 5.73 Å². The summed E-state index contributed by atoms with van der Waals surface area (Å²) in [7, 11) is 1.12. The van der Waals surface area contributed by atoms with Gasteiger partial charge in [0.25, 0.3) is 0 Å². The molecule has 0 unspecified atom stereocenters. The highest BCUT2D eigenvalue weighted by Gasteiger charge is 2.21. The topological polar surface area (TPSA) is 107 Å². The summed E-state index contributed by atoms with van der Waals surface area (Å²) in [6.07, 6.45) is 1.39. The zero-order valence-corrected chi connectivity index (χ0v) is 8.88. The third-order valence-corrected chi connectivity index (χ3v) is 2.34. The molecule has 2 aromatic rings. The molecule has 88 valence electrons. The molecular formula is C10H9N3O4. The van der Waals surface area contributed by atoms with E-state index in [-0.39, 0.29) is 16.1 Å². The fraction of sp³-hybridized carbons (Fsp3) is 0.100. The number of rotatable bonds is 1. The molecule has 0 fully saturated rings. The fourth-order valence-corrected chi connectivity index (χ4v) is 1.53. The SMILES string of the molecule is COC(=O)c1c(N)c2cccnc2n(O)c1=O. The van der Waals surface area contributed by atoms with Crippen LogP contribution in [0.5, 0.6) is 0 Å². The van der Waals surface area contributed by atoms with E-state index in [1.165, 1.54) is 12.3 Å². The first kappa shape index (κ1) is 10.9. The van der Waals surface area contributed by atoms with Crippen LogP contribution in [-0.2, 0) is 4.74 Å². The van der Waals surface area contributed by atoms with Gasteiger partial charge < -0.3 is 15.7 Å². The molecule has 3 N–H and O–H groups in total. The Balaban J connectivity index is 2.97. The molecule has 2 heterocycles. The van der Waals surface area contributed by atoms with Crippen LogP contribution in [-0.4, -0.2) is 28.0 Å². The monoisotopic (exact) mass is 235 g/mol. The van der Waals surface area contributed by atoms with Crippen LogP contribution in [0.4, 0.5) is 5.69 Å². The number of hydrogen-bond donors (Lipinski definition) is 2. The Kier molecular flexibility index (Phi) is 2.43. The highest BCUT2D eigenvalue weighted by atomic mass is 16.5. The highest BCUT2D eigenvalue weighted by Crippen LogP contribution is 2.20. The molecular weight excluding hydrogens is 226 g/mol. The van der Waals surface area contributed by atoms with Gasteiger partial charge in [-0.15, -0.1) is 4.73 Å². The number of hydrogen-bond acceptors (Lipinski definition) is 6. The number of aromatic nitrogens is 2. The molecule has 0 atom stereocenters. The average molecular weight is 235 g/mol. The normalized spacial score (nSPS) is 10.4. The standard InChI is InChI=1S/C10H9N3O4/c1-17-10(15)6-7(11)5-3-2-4-12-8(5)13(16)9(6)14/h2-4,16H,11H2,1H3. The zero-order valence-electron chi connectivity index (χ0n) is 8.88. The Bertz CT molecular complexity index is 662. The molecule has 17 heavy (non-hydrogen) atoms. The maximum atomic E-state index is 11.7. The molecule has 0 radical (unpaired) electrons. The molecule has 2 aromatic heterocycles. The molecule has 0 amide bonds. The predicted octanol–water partition coefficient (Wildman–Crippen LogP) is 0.00260. The minimum Gasteiger partial charge on any atom is -0.465 e. The Morgan fingerprint density at radius 1 is 1.59 bits per heavy atom. The zero-order chi connectivity index (χ0) is 12.6. The fourth-order valence-electron chi connectivity index (χ4n) is 1.53. The van der Waals surface area contributed by atoms with Gasteiger partial charge in [-0.3, -0.25) is 4.79 Å². The van der Waals surface area contributed by atoms with E-state index in [0.717, 1.165) is 7.11 Å². The van der Waals surface area contributed by atoms with E-state index >= 15 is 0 Å². The summed E-state index contributed by atoms with van der Waals surface area (Å²) in [5.74, 6) is -0.902. The van der Waals surface area contributed by atoms with Crippen molar-refractivity contribution >= 4 is 22.7 Å². The number of anilines is 1. The number of esters is 1. The van der Waals surface area contributed by atoms with Crippen molar-refractivity contribution in [1.82, 2.24) is 9.71 Å². The van der Waals surface area contributed by atoms with Crippen molar-refractivity contribution < 1.29 is 14.7 Å². The summed E-state index contributed by atoms with van der Waals surface area (Å²) in [5.41, 5.74) is 4.26. The lowest BCUT2D eigenvalue weighted by molar-refractivity contribution is 0.0594. The van der Waals surface area contributed by atoms with Crippen LogP contribution in [0.25, 0.3) is 11.0 Å². The first-order valence-electron chi connectivity index (χ1n) is 4.64. The summed E-state index contributed by atoms with van der Waals surface area (Å²) in [6, 6.07) is 3.11. The van der Waals surface area contributed by atoms with Crippen molar-refractivity contribution in [2.45, 2.75) is 0 Å². The number of carbonyl (C=O) groups is 1. The van der Waals surface area contributed by atoms with Gasteiger partial charge in [-0.1, -0.05) is 0 Å². The second-order valence-electron chi connectivity index (χ2n) is 3.27. The van der Waals surface area contributed by atoms with Gasteiger partial charge in [-0.2, -0.15) is 0 Å². The Morgan fingerprint density at radius 3 is 2.94 bits per heavy atom. The second kappa shape index (κ2) is 3.78. The number of nitrogens with zero attached hydrogens (tertiary/aromatic N) is 2. The van der Waals surface area contributed by atoms with Crippen LogP contribution in [0.1, 0.15) is 10.4 Å². The van der Waals surface area contributed by atoms with E-state index < -0.39 is 17.1 Å². The number of fused-ring (bicyclic) bond motifs is 1. The molecule has 7 heteroatoms. The van der Waals surface area contributed by atoms with Crippen molar-refractivity contribution in [2.75, 3.05) is 12.8 Å². The molecule has 0 saturated carbocycles. The maximum absolute atomic E-state index is 11.7. The van der Waals surface area contributed by atoms with Crippen LogP contribution < -0.4 is 11.3 Å². The second-order valence-corrected chi connectivity index (χ2v) is 3.27. The molecule has 0 aromatic carbocycles. The number of methoxy groups -OCH3 is 1. The van der Waals surface area contributed by atoms with Gasteiger partial charge in [-0.25, -0.2) is 9.78 Å². The quantitative estimate of drug-likeness (QED) is 0.532. The van der Waals surface area contributed by atoms with E-state index in [9.17, 15) is 14.8 Å². The van der Waals surface area contributed by atoms with Crippen molar-refractivity contribution in [3.63, 3.8) is 0 Å². The number of nitrogens with two attached hydrogens (primary N) is 1. The van der Waals surface area contributed by atoms with Crippen molar-refractivity contribution in [3.8, 4) is 0 Å². The van der Waals surface area contributed by atoms with Gasteiger partial charge in [0.15, 0.2) is 11.2 Å². The lowest BCUT2D eigenvalue weighted by Crippen LogP contribution is -2.28. The third kappa shape index (κ3) is 1.48. The van der Waals surface area contributed by atoms with E-state index in [1.807, 2.05) is 0 Å². The molecule has 0 aliphatic carbocycles. The first-order chi connectivity index (χ1) is 8.07. The predicted molar refractivity (Wildman–Crippen MR) is 58.9 cm³/mol. The first-order valence-corrected chi connectivity index (χ1v) is 4.64. The molecule has 2 rings (SSSR count). The van der Waals surface area contributed by atoms with Gasteiger partial charge in [-0.05, 0) is 12.1 Å². The van der Waals surface area contributed by atoms with E-state index in [2.05, 4.69) is 9.72 Å². The number of carbonyl (C=O) groups excluding carboxylic acids is 1. The summed E-state index contributed by atoms with van der Waals surface area (Å²) >= 11 is 0. The van der Waals surface area contributed by atoms with Crippen LogP contribution in [0.15, 0.2) is 23.1 Å². The summed E-state index contributed by atoms with van der Waals surface area (Å²) < 4.78 is 4.71. The Labute approximate surface area is 95.0 Å². The largest absolute Gasteiger partial charge is 0.465 e. The number of pyridine rings is 2. The minimum absolute atomic E-state index is 0.0114. The van der Waals surface area contributed by atoms with Crippen LogP contribution >= 0.6 is 0 Å². The molecule has 0 saturated heterocycles. The molecule has 7 nitrogen and oxygen atoms in total. The lowest BCUT2D eigenvalue weighted by atomic mass is 10.1. The van der Waals surface area contributed by atoms with Crippen LogP contribution in [0, 0.1) is 0 Å². The molecule has 0 bridgehead atoms. The van der Waals surface area contributed by atoms with Crippen LogP contribution in [0.2, 0.25) is 0 Å². The average Bonchev–Trinajstić information content (AvgIpc) is 2.36. The van der Waals surface area contributed by atoms with Gasteiger partial charge in [0.1, 0.15) is 0 Å². The van der Waals surface area contributed by atoms with Crippen molar-refractivity contribution in [1.29, 1.82) is 0 Å². The van der Waals surface area contributed by atoms with Gasteiger partial charge in [0, 0.05) is 11.6 Å². The number of ether oxygens (including phenoxy) is 1. The van der Waals surface area contributed by atoms with Gasteiger partial charge in [0.05, 0.1) is 12.8 Å². The Hall–Kier alpha value is -2.57. The third-order valence-electron chi connectivity index (χ3n) is 2.34. The van der Waals surface area contributed by atoms with Gasteiger partial charge in [0.2, 0.25) is 0 Å². The van der Waals surface area contributed by atoms with E-state index in [0.29, 0.717) is 5.39 Å². The highest BCUT2D eigenvalue weighted by molar-refractivity contribution is 6.03. The summed E-state index contributed by atoms with van der Waals surface area (Å²) in [4.78, 5) is 26.9. The van der Waals surface area contributed by atoms with Crippen molar-refractivity contribution in [2.24, 2.45) is 0 Å².